The van der Waals surface area contributed by atoms with Crippen molar-refractivity contribution < 1.29 is 8.42 Å². The second kappa shape index (κ2) is 7.47. The standard InChI is InChI=1S/C16H17Cl2NO2S/c1-12(13-3-2-4-15(18)11-13)19-9-10-22(20,21)16-7-5-14(17)6-8-16/h2-8,11-12,19H,9-10H2,1H3/t12-/m1/s1. The lowest BCUT2D eigenvalue weighted by molar-refractivity contribution is 0.572. The minimum absolute atomic E-state index is 0.0270. The summed E-state index contributed by atoms with van der Waals surface area (Å²) < 4.78 is 24.4. The summed E-state index contributed by atoms with van der Waals surface area (Å²) in [5.74, 6) is 0.0273. The van der Waals surface area contributed by atoms with Crippen LogP contribution in [0.4, 0.5) is 0 Å². The SMILES string of the molecule is C[C@@H](NCCS(=O)(=O)c1ccc(Cl)cc1)c1cccc(Cl)c1. The lowest BCUT2D eigenvalue weighted by atomic mass is 10.1. The molecule has 22 heavy (non-hydrogen) atoms. The van der Waals surface area contributed by atoms with Gasteiger partial charge in [-0.2, -0.15) is 0 Å². The maximum atomic E-state index is 12.2. The van der Waals surface area contributed by atoms with Gasteiger partial charge in [-0.3, -0.25) is 0 Å². The van der Waals surface area contributed by atoms with Gasteiger partial charge in [-0.1, -0.05) is 35.3 Å². The maximum Gasteiger partial charge on any atom is 0.179 e. The Morgan fingerprint density at radius 1 is 1.05 bits per heavy atom. The zero-order chi connectivity index (χ0) is 16.2. The van der Waals surface area contributed by atoms with E-state index in [9.17, 15) is 8.42 Å². The van der Waals surface area contributed by atoms with Gasteiger partial charge in [0.05, 0.1) is 10.6 Å². The summed E-state index contributed by atoms with van der Waals surface area (Å²) in [7, 11) is -3.31. The largest absolute Gasteiger partial charge is 0.309 e. The fourth-order valence-electron chi connectivity index (χ4n) is 2.06. The van der Waals surface area contributed by atoms with Crippen LogP contribution in [0.15, 0.2) is 53.4 Å². The molecule has 1 atom stereocenters. The third-order valence-electron chi connectivity index (χ3n) is 3.34. The van der Waals surface area contributed by atoms with E-state index in [0.717, 1.165) is 5.56 Å². The topological polar surface area (TPSA) is 46.2 Å². The van der Waals surface area contributed by atoms with Crippen molar-refractivity contribution in [3.05, 3.63) is 64.1 Å². The van der Waals surface area contributed by atoms with E-state index >= 15 is 0 Å². The molecular weight excluding hydrogens is 341 g/mol. The van der Waals surface area contributed by atoms with E-state index in [4.69, 9.17) is 23.2 Å². The van der Waals surface area contributed by atoms with Crippen molar-refractivity contribution in [2.45, 2.75) is 17.9 Å². The zero-order valence-electron chi connectivity index (χ0n) is 12.1. The smallest absolute Gasteiger partial charge is 0.179 e. The molecule has 6 heteroatoms. The van der Waals surface area contributed by atoms with Crippen molar-refractivity contribution in [2.75, 3.05) is 12.3 Å². The first-order valence-electron chi connectivity index (χ1n) is 6.86. The Hall–Kier alpha value is -1.07. The second-order valence-electron chi connectivity index (χ2n) is 5.00. The number of sulfone groups is 1. The first-order chi connectivity index (χ1) is 10.4. The fourth-order valence-corrected chi connectivity index (χ4v) is 3.56. The molecule has 0 aromatic heterocycles. The molecule has 118 valence electrons. The molecule has 0 radical (unpaired) electrons. The molecule has 3 nitrogen and oxygen atoms in total. The molecule has 0 saturated heterocycles. The average molecular weight is 358 g/mol. The predicted molar refractivity (Wildman–Crippen MR) is 91.4 cm³/mol. The monoisotopic (exact) mass is 357 g/mol. The number of hydrogen-bond acceptors (Lipinski definition) is 3. The van der Waals surface area contributed by atoms with Gasteiger partial charge in [0.25, 0.3) is 0 Å². The Bertz CT molecular complexity index is 730. The lowest BCUT2D eigenvalue weighted by Gasteiger charge is -2.14. The normalized spacial score (nSPS) is 13.0. The summed E-state index contributed by atoms with van der Waals surface area (Å²) in [6.07, 6.45) is 0. The molecule has 0 bridgehead atoms. The van der Waals surface area contributed by atoms with E-state index in [1.807, 2.05) is 31.2 Å². The highest BCUT2D eigenvalue weighted by atomic mass is 35.5. The van der Waals surface area contributed by atoms with Gasteiger partial charge in [-0.25, -0.2) is 8.42 Å². The van der Waals surface area contributed by atoms with Gasteiger partial charge >= 0.3 is 0 Å². The van der Waals surface area contributed by atoms with E-state index in [1.54, 1.807) is 12.1 Å². The Balaban J connectivity index is 1.94. The summed E-state index contributed by atoms with van der Waals surface area (Å²) in [6, 6.07) is 13.7. The zero-order valence-corrected chi connectivity index (χ0v) is 14.4. The third-order valence-corrected chi connectivity index (χ3v) is 5.56. The lowest BCUT2D eigenvalue weighted by Crippen LogP contribution is -2.25. The predicted octanol–water partition coefficient (Wildman–Crippen LogP) is 4.12. The summed E-state index contributed by atoms with van der Waals surface area (Å²) in [5.41, 5.74) is 1.02. The van der Waals surface area contributed by atoms with Gasteiger partial charge in [0, 0.05) is 22.6 Å². The number of benzene rings is 2. The van der Waals surface area contributed by atoms with E-state index in [1.165, 1.54) is 12.1 Å². The summed E-state index contributed by atoms with van der Waals surface area (Å²) in [6.45, 7) is 2.33. The number of rotatable bonds is 6. The molecule has 0 fully saturated rings. The van der Waals surface area contributed by atoms with Gasteiger partial charge in [-0.05, 0) is 48.9 Å². The van der Waals surface area contributed by atoms with Crippen molar-refractivity contribution in [2.24, 2.45) is 0 Å². The molecular formula is C16H17Cl2NO2S. The molecule has 0 aliphatic rings. The Labute approximate surface area is 141 Å². The van der Waals surface area contributed by atoms with Crippen LogP contribution in [0, 0.1) is 0 Å². The van der Waals surface area contributed by atoms with Crippen molar-refractivity contribution in [1.29, 1.82) is 0 Å². The van der Waals surface area contributed by atoms with Crippen molar-refractivity contribution in [3.63, 3.8) is 0 Å². The Kier molecular flexibility index (Phi) is 5.87. The van der Waals surface area contributed by atoms with E-state index in [2.05, 4.69) is 5.32 Å². The molecule has 2 rings (SSSR count). The van der Waals surface area contributed by atoms with Crippen LogP contribution in [0.1, 0.15) is 18.5 Å². The van der Waals surface area contributed by atoms with Crippen molar-refractivity contribution in [1.82, 2.24) is 5.32 Å². The van der Waals surface area contributed by atoms with Gasteiger partial charge in [-0.15, -0.1) is 0 Å². The highest BCUT2D eigenvalue weighted by Gasteiger charge is 2.14. The Morgan fingerprint density at radius 3 is 2.36 bits per heavy atom. The van der Waals surface area contributed by atoms with Crippen molar-refractivity contribution in [3.8, 4) is 0 Å². The maximum absolute atomic E-state index is 12.2. The highest BCUT2D eigenvalue weighted by molar-refractivity contribution is 7.91. The van der Waals surface area contributed by atoms with Crippen LogP contribution >= 0.6 is 23.2 Å². The van der Waals surface area contributed by atoms with Crippen LogP contribution in [0.2, 0.25) is 10.0 Å². The minimum Gasteiger partial charge on any atom is -0.309 e. The summed E-state index contributed by atoms with van der Waals surface area (Å²) in [4.78, 5) is 0.286. The van der Waals surface area contributed by atoms with Gasteiger partial charge in [0.2, 0.25) is 0 Å². The number of nitrogens with one attached hydrogen (secondary N) is 1. The first kappa shape index (κ1) is 17.3. The molecule has 0 saturated carbocycles. The first-order valence-corrected chi connectivity index (χ1v) is 9.26. The van der Waals surface area contributed by atoms with Crippen molar-refractivity contribution >= 4 is 33.0 Å². The van der Waals surface area contributed by atoms with Gasteiger partial charge < -0.3 is 5.32 Å². The molecule has 2 aromatic carbocycles. The van der Waals surface area contributed by atoms with Crippen LogP contribution in [-0.4, -0.2) is 20.7 Å². The molecule has 1 N–H and O–H groups in total. The van der Waals surface area contributed by atoms with Crippen LogP contribution in [0.25, 0.3) is 0 Å². The summed E-state index contributed by atoms with van der Waals surface area (Å²) >= 11 is 11.7. The number of hydrogen-bond donors (Lipinski definition) is 1. The van der Waals surface area contributed by atoms with E-state index in [0.29, 0.717) is 16.6 Å². The van der Waals surface area contributed by atoms with E-state index in [-0.39, 0.29) is 16.7 Å². The highest BCUT2D eigenvalue weighted by Crippen LogP contribution is 2.18. The molecule has 0 spiro atoms. The van der Waals surface area contributed by atoms with Gasteiger partial charge in [0.15, 0.2) is 9.84 Å². The molecule has 2 aromatic rings. The van der Waals surface area contributed by atoms with Crippen LogP contribution < -0.4 is 5.32 Å². The third kappa shape index (κ3) is 4.71. The van der Waals surface area contributed by atoms with Crippen LogP contribution in [0.5, 0.6) is 0 Å². The molecule has 0 aliphatic carbocycles. The summed E-state index contributed by atoms with van der Waals surface area (Å²) in [5, 5.41) is 4.39. The van der Waals surface area contributed by atoms with Crippen LogP contribution in [0.3, 0.4) is 0 Å². The number of halogens is 2. The minimum atomic E-state index is -3.31. The molecule has 0 aliphatic heterocycles. The fraction of sp³-hybridized carbons (Fsp3) is 0.250. The van der Waals surface area contributed by atoms with Crippen LogP contribution in [-0.2, 0) is 9.84 Å². The van der Waals surface area contributed by atoms with E-state index < -0.39 is 9.84 Å². The Morgan fingerprint density at radius 2 is 1.73 bits per heavy atom. The van der Waals surface area contributed by atoms with Gasteiger partial charge in [0.1, 0.15) is 0 Å². The average Bonchev–Trinajstić information content (AvgIpc) is 2.47. The molecule has 0 amide bonds. The molecule has 0 unspecified atom stereocenters. The quantitative estimate of drug-likeness (QED) is 0.845. The molecule has 0 heterocycles. The second-order valence-corrected chi connectivity index (χ2v) is 7.99.